The highest BCUT2D eigenvalue weighted by molar-refractivity contribution is 6.88. The summed E-state index contributed by atoms with van der Waals surface area (Å²) in [7, 11) is -1.75. The molecule has 1 heterocycles. The highest BCUT2D eigenvalue weighted by atomic mass is 28.3. The number of carbonyl (C=O) groups is 1. The van der Waals surface area contributed by atoms with E-state index in [0.717, 1.165) is 11.4 Å². The first-order valence-electron chi connectivity index (χ1n) is 4.69. The van der Waals surface area contributed by atoms with Crippen LogP contribution in [-0.2, 0) is 0 Å². The van der Waals surface area contributed by atoms with E-state index in [2.05, 4.69) is 4.98 Å². The third-order valence-electron chi connectivity index (χ3n) is 2.12. The zero-order valence-corrected chi connectivity index (χ0v) is 10.2. The van der Waals surface area contributed by atoms with Crippen LogP contribution in [0.25, 0.3) is 0 Å². The van der Waals surface area contributed by atoms with Crippen LogP contribution < -0.4 is 5.19 Å². The molecule has 16 heavy (non-hydrogen) atoms. The van der Waals surface area contributed by atoms with Crippen LogP contribution in [0.3, 0.4) is 0 Å². The van der Waals surface area contributed by atoms with Gasteiger partial charge in [0.25, 0.3) is 5.78 Å². The van der Waals surface area contributed by atoms with Crippen molar-refractivity contribution in [2.24, 2.45) is 0 Å². The molecular formula is C10H12F3NOSi. The second kappa shape index (κ2) is 4.01. The standard InChI is InChI=1S/C10H12F3NOSi/c1-16(2,3)8-4-7(5-14-6-8)9(15)10(11,12)13/h4-6H,1-3H3. The summed E-state index contributed by atoms with van der Waals surface area (Å²) in [4.78, 5) is 14.7. The zero-order valence-electron chi connectivity index (χ0n) is 9.22. The van der Waals surface area contributed by atoms with Gasteiger partial charge in [-0.3, -0.25) is 9.78 Å². The Balaban J connectivity index is 3.14. The minimum absolute atomic E-state index is 0.382. The number of aromatic nitrogens is 1. The fourth-order valence-corrected chi connectivity index (χ4v) is 2.19. The first-order valence-corrected chi connectivity index (χ1v) is 8.19. The average molecular weight is 247 g/mol. The molecule has 0 spiro atoms. The van der Waals surface area contributed by atoms with Gasteiger partial charge in [0.05, 0.1) is 8.07 Å². The van der Waals surface area contributed by atoms with Crippen molar-refractivity contribution in [2.75, 3.05) is 0 Å². The lowest BCUT2D eigenvalue weighted by Gasteiger charge is -2.16. The van der Waals surface area contributed by atoms with Crippen molar-refractivity contribution in [2.45, 2.75) is 25.8 Å². The van der Waals surface area contributed by atoms with Crippen molar-refractivity contribution in [1.82, 2.24) is 4.98 Å². The molecule has 1 aromatic rings. The Morgan fingerprint density at radius 3 is 2.25 bits per heavy atom. The van der Waals surface area contributed by atoms with E-state index < -0.39 is 20.0 Å². The number of hydrogen-bond acceptors (Lipinski definition) is 2. The lowest BCUT2D eigenvalue weighted by molar-refractivity contribution is -0.0885. The zero-order chi connectivity index (χ0) is 12.6. The quantitative estimate of drug-likeness (QED) is 0.593. The Morgan fingerprint density at radius 1 is 1.25 bits per heavy atom. The lowest BCUT2D eigenvalue weighted by atomic mass is 10.2. The first kappa shape index (κ1) is 12.9. The van der Waals surface area contributed by atoms with Crippen molar-refractivity contribution in [3.05, 3.63) is 24.0 Å². The second-order valence-electron chi connectivity index (χ2n) is 4.54. The van der Waals surface area contributed by atoms with E-state index in [1.165, 1.54) is 12.3 Å². The number of nitrogens with zero attached hydrogens (tertiary/aromatic N) is 1. The monoisotopic (exact) mass is 247 g/mol. The predicted octanol–water partition coefficient (Wildman–Crippen LogP) is 2.37. The van der Waals surface area contributed by atoms with Gasteiger partial charge in [0.15, 0.2) is 0 Å². The molecular weight excluding hydrogens is 235 g/mol. The van der Waals surface area contributed by atoms with Crippen molar-refractivity contribution in [3.8, 4) is 0 Å². The molecule has 0 atom stereocenters. The molecule has 0 aliphatic carbocycles. The molecule has 1 aromatic heterocycles. The number of carbonyl (C=O) groups excluding carboxylic acids is 1. The molecule has 0 aromatic carbocycles. The Bertz CT molecular complexity index is 409. The van der Waals surface area contributed by atoms with Gasteiger partial charge in [0.2, 0.25) is 0 Å². The Kier molecular flexibility index (Phi) is 3.23. The van der Waals surface area contributed by atoms with Crippen LogP contribution in [0, 0.1) is 0 Å². The number of halogens is 3. The van der Waals surface area contributed by atoms with Crippen LogP contribution in [0.2, 0.25) is 19.6 Å². The van der Waals surface area contributed by atoms with Gasteiger partial charge in [-0.05, 0) is 11.3 Å². The van der Waals surface area contributed by atoms with E-state index in [0.29, 0.717) is 0 Å². The van der Waals surface area contributed by atoms with E-state index >= 15 is 0 Å². The maximum absolute atomic E-state index is 12.2. The second-order valence-corrected chi connectivity index (χ2v) is 9.62. The number of rotatable bonds is 2. The molecule has 0 N–H and O–H groups in total. The molecule has 2 nitrogen and oxygen atoms in total. The van der Waals surface area contributed by atoms with E-state index in [-0.39, 0.29) is 5.56 Å². The fourth-order valence-electron chi connectivity index (χ4n) is 1.14. The van der Waals surface area contributed by atoms with Crippen molar-refractivity contribution in [1.29, 1.82) is 0 Å². The molecule has 0 aliphatic heterocycles. The molecule has 0 saturated heterocycles. The maximum Gasteiger partial charge on any atom is 0.454 e. The molecule has 1 rings (SSSR count). The smallest absolute Gasteiger partial charge is 0.284 e. The molecule has 0 bridgehead atoms. The number of pyridine rings is 1. The number of hydrogen-bond donors (Lipinski definition) is 0. The summed E-state index contributed by atoms with van der Waals surface area (Å²) in [5.41, 5.74) is -0.382. The van der Waals surface area contributed by atoms with Gasteiger partial charge < -0.3 is 0 Å². The van der Waals surface area contributed by atoms with Crippen molar-refractivity contribution < 1.29 is 18.0 Å². The first-order chi connectivity index (χ1) is 7.12. The van der Waals surface area contributed by atoms with Crippen LogP contribution in [0.15, 0.2) is 18.5 Å². The summed E-state index contributed by atoms with van der Waals surface area (Å²) in [5.74, 6) is -1.83. The van der Waals surface area contributed by atoms with E-state index in [9.17, 15) is 18.0 Å². The average Bonchev–Trinajstić information content (AvgIpc) is 2.14. The molecule has 0 radical (unpaired) electrons. The van der Waals surface area contributed by atoms with Gasteiger partial charge in [-0.1, -0.05) is 19.6 Å². The fraction of sp³-hybridized carbons (Fsp3) is 0.400. The van der Waals surface area contributed by atoms with E-state index in [4.69, 9.17) is 0 Å². The molecule has 0 fully saturated rings. The summed E-state index contributed by atoms with van der Waals surface area (Å²) in [5, 5.41) is 0.739. The maximum atomic E-state index is 12.2. The molecule has 0 unspecified atom stereocenters. The summed E-state index contributed by atoms with van der Waals surface area (Å²) in [6.45, 7) is 5.93. The van der Waals surface area contributed by atoms with Crippen LogP contribution in [0.4, 0.5) is 13.2 Å². The van der Waals surface area contributed by atoms with Gasteiger partial charge >= 0.3 is 6.18 Å². The van der Waals surface area contributed by atoms with Crippen molar-refractivity contribution >= 4 is 19.0 Å². The third-order valence-corrected chi connectivity index (χ3v) is 4.13. The van der Waals surface area contributed by atoms with E-state index in [1.54, 1.807) is 0 Å². The summed E-state index contributed by atoms with van der Waals surface area (Å²) >= 11 is 0. The van der Waals surface area contributed by atoms with Crippen LogP contribution >= 0.6 is 0 Å². The SMILES string of the molecule is C[Si](C)(C)c1cncc(C(=O)C(F)(F)F)c1. The number of alkyl halides is 3. The minimum atomic E-state index is -4.83. The normalized spacial score (nSPS) is 12.6. The number of ketones is 1. The number of Topliss-reactive ketones (excluding diaryl/α,β-unsaturated/α-hetero) is 1. The summed E-state index contributed by atoms with van der Waals surface area (Å²) in [6, 6.07) is 1.30. The topological polar surface area (TPSA) is 30.0 Å². The highest BCUT2D eigenvalue weighted by Crippen LogP contribution is 2.20. The van der Waals surface area contributed by atoms with Crippen LogP contribution in [0.1, 0.15) is 10.4 Å². The Labute approximate surface area is 92.5 Å². The van der Waals surface area contributed by atoms with Gasteiger partial charge in [-0.25, -0.2) is 0 Å². The molecule has 0 aliphatic rings. The molecule has 0 amide bonds. The molecule has 6 heteroatoms. The Hall–Kier alpha value is -1.17. The molecule has 0 saturated carbocycles. The van der Waals surface area contributed by atoms with E-state index in [1.807, 2.05) is 19.6 Å². The lowest BCUT2D eigenvalue weighted by Crippen LogP contribution is -2.38. The minimum Gasteiger partial charge on any atom is -0.284 e. The third kappa shape index (κ3) is 2.91. The van der Waals surface area contributed by atoms with Crippen molar-refractivity contribution in [3.63, 3.8) is 0 Å². The van der Waals surface area contributed by atoms with Gasteiger partial charge in [0.1, 0.15) is 0 Å². The van der Waals surface area contributed by atoms with Crippen LogP contribution in [-0.4, -0.2) is 25.0 Å². The van der Waals surface area contributed by atoms with Gasteiger partial charge in [0, 0.05) is 18.0 Å². The summed E-state index contributed by atoms with van der Waals surface area (Å²) in [6.07, 6.45) is -2.35. The summed E-state index contributed by atoms with van der Waals surface area (Å²) < 4.78 is 36.6. The largest absolute Gasteiger partial charge is 0.454 e. The predicted molar refractivity (Wildman–Crippen MR) is 57.6 cm³/mol. The Morgan fingerprint density at radius 2 is 1.81 bits per heavy atom. The van der Waals surface area contributed by atoms with Gasteiger partial charge in [-0.15, -0.1) is 0 Å². The van der Waals surface area contributed by atoms with Gasteiger partial charge in [-0.2, -0.15) is 13.2 Å². The highest BCUT2D eigenvalue weighted by Gasteiger charge is 2.39. The van der Waals surface area contributed by atoms with Crippen LogP contribution in [0.5, 0.6) is 0 Å². The molecule has 88 valence electrons.